The average Bonchev–Trinajstić information content (AvgIpc) is 2.53. The Morgan fingerprint density at radius 2 is 1.95 bits per heavy atom. The lowest BCUT2D eigenvalue weighted by Crippen LogP contribution is -2.29. The third kappa shape index (κ3) is 3.55. The third-order valence-corrected chi connectivity index (χ3v) is 3.77. The summed E-state index contributed by atoms with van der Waals surface area (Å²) in [5.74, 6) is -0.226. The summed E-state index contributed by atoms with van der Waals surface area (Å²) in [5.41, 5.74) is 1.18. The molecule has 0 radical (unpaired) electrons. The largest absolute Gasteiger partial charge is 0.504 e. The standard InChI is InChI=1S/C16H16BrNO3/c1-21-14-9-5-8-12(15(14)19)16(20)18-13(10-17)11-6-3-2-4-7-11/h2-9,13,19H,10H2,1H3,(H,18,20). The van der Waals surface area contributed by atoms with Crippen LogP contribution in [0.15, 0.2) is 48.5 Å². The molecular formula is C16H16BrNO3. The molecule has 0 heterocycles. The van der Waals surface area contributed by atoms with E-state index >= 15 is 0 Å². The first kappa shape index (κ1) is 15.4. The Morgan fingerprint density at radius 3 is 2.57 bits per heavy atom. The van der Waals surface area contributed by atoms with Gasteiger partial charge in [0.05, 0.1) is 18.7 Å². The van der Waals surface area contributed by atoms with Gasteiger partial charge in [-0.1, -0.05) is 52.3 Å². The molecule has 2 N–H and O–H groups in total. The van der Waals surface area contributed by atoms with E-state index < -0.39 is 0 Å². The van der Waals surface area contributed by atoms with E-state index in [2.05, 4.69) is 21.2 Å². The van der Waals surface area contributed by atoms with Crippen LogP contribution >= 0.6 is 15.9 Å². The van der Waals surface area contributed by atoms with Gasteiger partial charge in [-0.3, -0.25) is 4.79 Å². The Morgan fingerprint density at radius 1 is 1.24 bits per heavy atom. The number of phenolic OH excluding ortho intramolecular Hbond substituents is 1. The molecule has 2 aromatic rings. The molecule has 0 fully saturated rings. The number of phenols is 1. The molecule has 21 heavy (non-hydrogen) atoms. The van der Waals surface area contributed by atoms with Gasteiger partial charge in [0.25, 0.3) is 5.91 Å². The van der Waals surface area contributed by atoms with Crippen LogP contribution in [0.5, 0.6) is 11.5 Å². The summed E-state index contributed by atoms with van der Waals surface area (Å²) >= 11 is 3.40. The van der Waals surface area contributed by atoms with E-state index in [4.69, 9.17) is 4.74 Å². The molecule has 1 atom stereocenters. The second-order valence-electron chi connectivity index (χ2n) is 4.45. The van der Waals surface area contributed by atoms with E-state index in [1.165, 1.54) is 7.11 Å². The molecule has 5 heteroatoms. The van der Waals surface area contributed by atoms with Gasteiger partial charge in [-0.15, -0.1) is 0 Å². The second kappa shape index (κ2) is 7.13. The fourth-order valence-corrected chi connectivity index (χ4v) is 2.54. The third-order valence-electron chi connectivity index (χ3n) is 3.13. The Hall–Kier alpha value is -2.01. The summed E-state index contributed by atoms with van der Waals surface area (Å²) in [6, 6.07) is 14.3. The highest BCUT2D eigenvalue weighted by Gasteiger charge is 2.18. The van der Waals surface area contributed by atoms with E-state index in [-0.39, 0.29) is 29.0 Å². The van der Waals surface area contributed by atoms with Gasteiger partial charge in [0, 0.05) is 5.33 Å². The van der Waals surface area contributed by atoms with E-state index in [1.807, 2.05) is 30.3 Å². The van der Waals surface area contributed by atoms with Crippen LogP contribution in [0.2, 0.25) is 0 Å². The Kier molecular flexibility index (Phi) is 5.22. The Bertz CT molecular complexity index is 616. The van der Waals surface area contributed by atoms with Crippen molar-refractivity contribution in [1.29, 1.82) is 0 Å². The van der Waals surface area contributed by atoms with Gasteiger partial charge in [0.1, 0.15) is 0 Å². The van der Waals surface area contributed by atoms with Crippen LogP contribution in [0.4, 0.5) is 0 Å². The van der Waals surface area contributed by atoms with Crippen LogP contribution in [0.1, 0.15) is 22.0 Å². The molecule has 1 amide bonds. The lowest BCUT2D eigenvalue weighted by molar-refractivity contribution is 0.0937. The molecule has 110 valence electrons. The SMILES string of the molecule is COc1cccc(C(=O)NC(CBr)c2ccccc2)c1O. The van der Waals surface area contributed by atoms with Crippen LogP contribution in [-0.4, -0.2) is 23.5 Å². The second-order valence-corrected chi connectivity index (χ2v) is 5.09. The molecule has 0 aromatic heterocycles. The number of carbonyl (C=O) groups excluding carboxylic acids is 1. The van der Waals surface area contributed by atoms with Gasteiger partial charge in [0.15, 0.2) is 11.5 Å². The highest BCUT2D eigenvalue weighted by molar-refractivity contribution is 9.09. The lowest BCUT2D eigenvalue weighted by Gasteiger charge is -2.17. The molecule has 0 saturated carbocycles. The topological polar surface area (TPSA) is 58.6 Å². The summed E-state index contributed by atoms with van der Waals surface area (Å²) < 4.78 is 5.01. The number of carbonyl (C=O) groups is 1. The van der Waals surface area contributed by atoms with Crippen molar-refractivity contribution in [3.05, 3.63) is 59.7 Å². The zero-order valence-electron chi connectivity index (χ0n) is 11.5. The smallest absolute Gasteiger partial charge is 0.255 e. The maximum absolute atomic E-state index is 12.3. The first-order valence-electron chi connectivity index (χ1n) is 6.45. The van der Waals surface area contributed by atoms with Crippen LogP contribution in [0, 0.1) is 0 Å². The number of methoxy groups -OCH3 is 1. The molecule has 1 unspecified atom stereocenters. The number of rotatable bonds is 5. The number of benzene rings is 2. The van der Waals surface area contributed by atoms with E-state index in [0.717, 1.165) is 5.56 Å². The average molecular weight is 350 g/mol. The summed E-state index contributed by atoms with van der Waals surface area (Å²) in [5, 5.41) is 13.5. The molecule has 4 nitrogen and oxygen atoms in total. The fourth-order valence-electron chi connectivity index (χ4n) is 2.00. The minimum absolute atomic E-state index is 0.154. The molecule has 0 aliphatic heterocycles. The number of amides is 1. The highest BCUT2D eigenvalue weighted by atomic mass is 79.9. The summed E-state index contributed by atoms with van der Waals surface area (Å²) in [6.07, 6.45) is 0. The van der Waals surface area contributed by atoms with Crippen LogP contribution in [0.25, 0.3) is 0 Å². The molecule has 0 saturated heterocycles. The Labute approximate surface area is 131 Å². The van der Waals surface area contributed by atoms with Gasteiger partial charge in [0.2, 0.25) is 0 Å². The molecule has 0 bridgehead atoms. The van der Waals surface area contributed by atoms with E-state index in [0.29, 0.717) is 5.33 Å². The highest BCUT2D eigenvalue weighted by Crippen LogP contribution is 2.29. The van der Waals surface area contributed by atoms with E-state index in [1.54, 1.807) is 18.2 Å². The van der Waals surface area contributed by atoms with Gasteiger partial charge < -0.3 is 15.2 Å². The van der Waals surface area contributed by atoms with Crippen LogP contribution < -0.4 is 10.1 Å². The van der Waals surface area contributed by atoms with Crippen molar-refractivity contribution in [2.75, 3.05) is 12.4 Å². The fraction of sp³-hybridized carbons (Fsp3) is 0.188. The maximum Gasteiger partial charge on any atom is 0.255 e. The number of halogens is 1. The molecular weight excluding hydrogens is 334 g/mol. The van der Waals surface area contributed by atoms with Crippen LogP contribution in [0.3, 0.4) is 0 Å². The predicted octanol–water partition coefficient (Wildman–Crippen LogP) is 3.27. The number of para-hydroxylation sites is 1. The lowest BCUT2D eigenvalue weighted by atomic mass is 10.1. The summed E-state index contributed by atoms with van der Waals surface area (Å²) in [6.45, 7) is 0. The molecule has 0 spiro atoms. The van der Waals surface area contributed by atoms with Crippen molar-refractivity contribution in [3.63, 3.8) is 0 Å². The van der Waals surface area contributed by atoms with Crippen molar-refractivity contribution >= 4 is 21.8 Å². The minimum Gasteiger partial charge on any atom is -0.504 e. The number of hydrogen-bond acceptors (Lipinski definition) is 3. The zero-order valence-corrected chi connectivity index (χ0v) is 13.1. The minimum atomic E-state index is -0.347. The molecule has 0 aliphatic rings. The van der Waals surface area contributed by atoms with Crippen molar-refractivity contribution in [1.82, 2.24) is 5.32 Å². The van der Waals surface area contributed by atoms with Crippen molar-refractivity contribution in [2.24, 2.45) is 0 Å². The normalized spacial score (nSPS) is 11.7. The maximum atomic E-state index is 12.3. The first-order valence-corrected chi connectivity index (χ1v) is 7.57. The van der Waals surface area contributed by atoms with Crippen molar-refractivity contribution in [3.8, 4) is 11.5 Å². The first-order chi connectivity index (χ1) is 10.2. The molecule has 0 aliphatic carbocycles. The number of hydrogen-bond donors (Lipinski definition) is 2. The number of ether oxygens (including phenoxy) is 1. The zero-order chi connectivity index (χ0) is 15.2. The number of nitrogens with one attached hydrogen (secondary N) is 1. The molecule has 2 aromatic carbocycles. The summed E-state index contributed by atoms with van der Waals surface area (Å²) in [4.78, 5) is 12.3. The van der Waals surface area contributed by atoms with Gasteiger partial charge in [-0.2, -0.15) is 0 Å². The number of alkyl halides is 1. The van der Waals surface area contributed by atoms with Crippen molar-refractivity contribution in [2.45, 2.75) is 6.04 Å². The van der Waals surface area contributed by atoms with Crippen LogP contribution in [-0.2, 0) is 0 Å². The predicted molar refractivity (Wildman–Crippen MR) is 85.1 cm³/mol. The van der Waals surface area contributed by atoms with Gasteiger partial charge >= 0.3 is 0 Å². The number of aromatic hydroxyl groups is 1. The van der Waals surface area contributed by atoms with Gasteiger partial charge in [-0.25, -0.2) is 0 Å². The van der Waals surface area contributed by atoms with E-state index in [9.17, 15) is 9.90 Å². The summed E-state index contributed by atoms with van der Waals surface area (Å²) in [7, 11) is 1.45. The van der Waals surface area contributed by atoms with Gasteiger partial charge in [-0.05, 0) is 17.7 Å². The Balaban J connectivity index is 2.21. The van der Waals surface area contributed by atoms with Crippen molar-refractivity contribution < 1.29 is 14.6 Å². The monoisotopic (exact) mass is 349 g/mol. The quantitative estimate of drug-likeness (QED) is 0.814. The molecule has 2 rings (SSSR count).